The van der Waals surface area contributed by atoms with Gasteiger partial charge in [0.25, 0.3) is 0 Å². The summed E-state index contributed by atoms with van der Waals surface area (Å²) in [4.78, 5) is 40.1. The van der Waals surface area contributed by atoms with E-state index >= 15 is 0 Å². The lowest BCUT2D eigenvalue weighted by Crippen LogP contribution is -2.54. The third-order valence-electron chi connectivity index (χ3n) is 7.13. The van der Waals surface area contributed by atoms with Crippen molar-refractivity contribution in [2.75, 3.05) is 13.1 Å². The fraction of sp³-hybridized carbons (Fsp3) is 0.679. The predicted octanol–water partition coefficient (Wildman–Crippen LogP) is 5.95. The average Bonchev–Trinajstić information content (AvgIpc) is 2.85. The van der Waals surface area contributed by atoms with Crippen LogP contribution in [0.3, 0.4) is 0 Å². The molecule has 0 bridgehead atoms. The highest BCUT2D eigenvalue weighted by Gasteiger charge is 2.37. The lowest BCUT2D eigenvalue weighted by molar-refractivity contribution is -0.144. The number of nitrogens with zero attached hydrogens (tertiary/aromatic N) is 2. The molecular formula is C28H44N2O5. The van der Waals surface area contributed by atoms with Crippen molar-refractivity contribution in [3.05, 3.63) is 35.4 Å². The van der Waals surface area contributed by atoms with Crippen LogP contribution in [0.25, 0.3) is 0 Å². The second kappa shape index (κ2) is 15.4. The van der Waals surface area contributed by atoms with Gasteiger partial charge in [0.15, 0.2) is 0 Å². The quantitative estimate of drug-likeness (QED) is 0.280. The number of carboxylic acid groups (broad SMARTS) is 2. The van der Waals surface area contributed by atoms with Crippen LogP contribution in [0.2, 0.25) is 0 Å². The first kappa shape index (κ1) is 28.7. The minimum atomic E-state index is -1.04. The van der Waals surface area contributed by atoms with Crippen molar-refractivity contribution in [1.82, 2.24) is 9.80 Å². The molecule has 2 rings (SSSR count). The smallest absolute Gasteiger partial charge is 0.326 e. The molecule has 0 aliphatic carbocycles. The summed E-state index contributed by atoms with van der Waals surface area (Å²) in [6, 6.07) is 6.22. The first-order valence-electron chi connectivity index (χ1n) is 13.5. The number of carbonyl (C=O) groups excluding carboxylic acids is 1. The number of hydrogen-bond donors (Lipinski definition) is 2. The molecule has 1 aromatic carbocycles. The summed E-state index contributed by atoms with van der Waals surface area (Å²) in [5.41, 5.74) is 1.88. The molecule has 0 fully saturated rings. The second-order valence-corrected chi connectivity index (χ2v) is 9.78. The number of rotatable bonds is 16. The highest BCUT2D eigenvalue weighted by atomic mass is 16.4. The lowest BCUT2D eigenvalue weighted by atomic mass is 9.94. The first-order chi connectivity index (χ1) is 16.9. The molecule has 0 aromatic heterocycles. The summed E-state index contributed by atoms with van der Waals surface area (Å²) >= 11 is 0. The molecule has 7 heteroatoms. The molecule has 1 heterocycles. The van der Waals surface area contributed by atoms with Crippen LogP contribution in [-0.4, -0.2) is 57.1 Å². The zero-order valence-corrected chi connectivity index (χ0v) is 21.6. The maximum absolute atomic E-state index is 13.4. The van der Waals surface area contributed by atoms with Crippen molar-refractivity contribution in [3.63, 3.8) is 0 Å². The van der Waals surface area contributed by atoms with E-state index < -0.39 is 29.9 Å². The normalized spacial score (nSPS) is 15.9. The van der Waals surface area contributed by atoms with Gasteiger partial charge in [-0.15, -0.1) is 0 Å². The number of amides is 2. The van der Waals surface area contributed by atoms with Crippen LogP contribution in [0.5, 0.6) is 0 Å². The standard InChI is InChI=1S/C28H44N2O5/c1-3-5-6-7-8-9-10-11-12-13-18-24(26(31)32)20-29(4-2)28(35)30-21-23-17-15-14-16-22(23)19-25(30)27(33)34/h14-17,24-25H,3-13,18-21H2,1-2H3,(H,31,32)(H,33,34)/t24-,25+/m1/s1. The van der Waals surface area contributed by atoms with Gasteiger partial charge in [-0.05, 0) is 24.5 Å². The third kappa shape index (κ3) is 9.19. The number of carbonyl (C=O) groups is 3. The Morgan fingerprint density at radius 2 is 1.49 bits per heavy atom. The molecule has 0 spiro atoms. The van der Waals surface area contributed by atoms with E-state index in [9.17, 15) is 24.6 Å². The van der Waals surface area contributed by atoms with Crippen LogP contribution in [-0.2, 0) is 22.6 Å². The van der Waals surface area contributed by atoms with Crippen molar-refractivity contribution in [2.45, 2.75) is 103 Å². The number of aliphatic carboxylic acids is 2. The van der Waals surface area contributed by atoms with E-state index in [-0.39, 0.29) is 19.5 Å². The van der Waals surface area contributed by atoms with Gasteiger partial charge in [-0.1, -0.05) is 95.4 Å². The van der Waals surface area contributed by atoms with E-state index in [0.29, 0.717) is 13.0 Å². The molecule has 1 aliphatic heterocycles. The highest BCUT2D eigenvalue weighted by molar-refractivity contribution is 5.84. The molecule has 1 aliphatic rings. The maximum Gasteiger partial charge on any atom is 0.326 e. The van der Waals surface area contributed by atoms with E-state index in [4.69, 9.17) is 0 Å². The number of urea groups is 1. The van der Waals surface area contributed by atoms with Gasteiger partial charge in [0, 0.05) is 26.1 Å². The number of unbranched alkanes of at least 4 members (excludes halogenated alkanes) is 9. The van der Waals surface area contributed by atoms with Crippen LogP contribution in [0.1, 0.15) is 95.6 Å². The van der Waals surface area contributed by atoms with Crippen LogP contribution >= 0.6 is 0 Å². The monoisotopic (exact) mass is 488 g/mol. The third-order valence-corrected chi connectivity index (χ3v) is 7.13. The average molecular weight is 489 g/mol. The summed E-state index contributed by atoms with van der Waals surface area (Å²) in [6.45, 7) is 4.70. The van der Waals surface area contributed by atoms with Gasteiger partial charge in [-0.2, -0.15) is 0 Å². The Morgan fingerprint density at radius 3 is 2.03 bits per heavy atom. The Labute approximate surface area is 210 Å². The van der Waals surface area contributed by atoms with Gasteiger partial charge < -0.3 is 20.0 Å². The van der Waals surface area contributed by atoms with Crippen molar-refractivity contribution in [1.29, 1.82) is 0 Å². The minimum absolute atomic E-state index is 0.104. The number of carboxylic acids is 2. The summed E-state index contributed by atoms with van der Waals surface area (Å²) in [5.74, 6) is -2.58. The van der Waals surface area contributed by atoms with Gasteiger partial charge in [0.05, 0.1) is 5.92 Å². The maximum atomic E-state index is 13.4. The van der Waals surface area contributed by atoms with Crippen LogP contribution < -0.4 is 0 Å². The van der Waals surface area contributed by atoms with Gasteiger partial charge in [-0.25, -0.2) is 9.59 Å². The van der Waals surface area contributed by atoms with E-state index in [2.05, 4.69) is 6.92 Å². The summed E-state index contributed by atoms with van der Waals surface area (Å²) in [6.07, 6.45) is 12.7. The Hall–Kier alpha value is -2.57. The molecule has 2 amide bonds. The SMILES string of the molecule is CCCCCCCCCCCC[C@H](CN(CC)C(=O)N1Cc2ccccc2C[C@H]1C(=O)O)C(=O)O. The lowest BCUT2D eigenvalue weighted by Gasteiger charge is -2.38. The molecule has 0 radical (unpaired) electrons. The molecule has 35 heavy (non-hydrogen) atoms. The number of hydrogen-bond acceptors (Lipinski definition) is 3. The summed E-state index contributed by atoms with van der Waals surface area (Å²) in [5, 5.41) is 19.5. The molecule has 0 saturated heterocycles. The topological polar surface area (TPSA) is 98.2 Å². The molecule has 7 nitrogen and oxygen atoms in total. The Morgan fingerprint density at radius 1 is 0.914 bits per heavy atom. The van der Waals surface area contributed by atoms with E-state index in [1.54, 1.807) is 0 Å². The van der Waals surface area contributed by atoms with Gasteiger partial charge >= 0.3 is 18.0 Å². The Balaban J connectivity index is 1.86. The van der Waals surface area contributed by atoms with Crippen LogP contribution in [0.15, 0.2) is 24.3 Å². The van der Waals surface area contributed by atoms with Crippen LogP contribution in [0.4, 0.5) is 4.79 Å². The number of fused-ring (bicyclic) bond motifs is 1. The molecular weight excluding hydrogens is 444 g/mol. The van der Waals surface area contributed by atoms with E-state index in [1.165, 1.54) is 54.7 Å². The van der Waals surface area contributed by atoms with Crippen molar-refractivity contribution >= 4 is 18.0 Å². The van der Waals surface area contributed by atoms with E-state index in [0.717, 1.165) is 30.4 Å². The fourth-order valence-electron chi connectivity index (χ4n) is 4.91. The molecule has 1 aromatic rings. The van der Waals surface area contributed by atoms with E-state index in [1.807, 2.05) is 31.2 Å². The molecule has 2 atom stereocenters. The van der Waals surface area contributed by atoms with Crippen molar-refractivity contribution < 1.29 is 24.6 Å². The Kier molecular flexibility index (Phi) is 12.6. The fourth-order valence-corrected chi connectivity index (χ4v) is 4.91. The highest BCUT2D eigenvalue weighted by Crippen LogP contribution is 2.25. The van der Waals surface area contributed by atoms with Crippen molar-refractivity contribution in [2.24, 2.45) is 5.92 Å². The molecule has 196 valence electrons. The number of benzene rings is 1. The summed E-state index contributed by atoms with van der Waals surface area (Å²) in [7, 11) is 0. The Bertz CT molecular complexity index is 812. The van der Waals surface area contributed by atoms with Gasteiger partial charge in [-0.3, -0.25) is 4.79 Å². The van der Waals surface area contributed by atoms with Gasteiger partial charge in [0.2, 0.25) is 0 Å². The zero-order chi connectivity index (χ0) is 25.6. The molecule has 0 unspecified atom stereocenters. The first-order valence-corrected chi connectivity index (χ1v) is 13.5. The van der Waals surface area contributed by atoms with Crippen LogP contribution in [0, 0.1) is 5.92 Å². The zero-order valence-electron chi connectivity index (χ0n) is 21.6. The predicted molar refractivity (Wildman–Crippen MR) is 137 cm³/mol. The minimum Gasteiger partial charge on any atom is -0.481 e. The van der Waals surface area contributed by atoms with Gasteiger partial charge in [0.1, 0.15) is 6.04 Å². The molecule has 0 saturated carbocycles. The largest absolute Gasteiger partial charge is 0.481 e. The summed E-state index contributed by atoms with van der Waals surface area (Å²) < 4.78 is 0. The molecule has 2 N–H and O–H groups in total. The second-order valence-electron chi connectivity index (χ2n) is 9.78. The van der Waals surface area contributed by atoms with Crippen molar-refractivity contribution in [3.8, 4) is 0 Å².